The first-order valence-corrected chi connectivity index (χ1v) is 10.3. The Morgan fingerprint density at radius 1 is 1.13 bits per heavy atom. The first-order chi connectivity index (χ1) is 15.1. The zero-order valence-electron chi connectivity index (χ0n) is 17.8. The maximum Gasteiger partial charge on any atom is 0.330 e. The third kappa shape index (κ3) is 4.19. The van der Waals surface area contributed by atoms with Crippen LogP contribution >= 0.6 is 0 Å². The van der Waals surface area contributed by atoms with Gasteiger partial charge in [0.1, 0.15) is 12.4 Å². The van der Waals surface area contributed by atoms with Gasteiger partial charge in [-0.15, -0.1) is 0 Å². The van der Waals surface area contributed by atoms with Crippen LogP contribution in [0, 0.1) is 0 Å². The van der Waals surface area contributed by atoms with Crippen LogP contribution in [-0.2, 0) is 11.2 Å². The summed E-state index contributed by atoms with van der Waals surface area (Å²) in [6, 6.07) is 13.1. The van der Waals surface area contributed by atoms with E-state index in [9.17, 15) is 9.59 Å². The lowest BCUT2D eigenvalue weighted by atomic mass is 10.1. The molecule has 8 nitrogen and oxygen atoms in total. The number of hydrogen-bond acceptors (Lipinski definition) is 5. The van der Waals surface area contributed by atoms with Crippen LogP contribution in [0.1, 0.15) is 17.5 Å². The molecule has 0 bridgehead atoms. The Hall–Kier alpha value is -3.55. The lowest BCUT2D eigenvalue weighted by Gasteiger charge is -2.39. The fourth-order valence-corrected chi connectivity index (χ4v) is 3.90. The van der Waals surface area contributed by atoms with Crippen LogP contribution in [0.15, 0.2) is 47.5 Å². The summed E-state index contributed by atoms with van der Waals surface area (Å²) in [5.74, 6) is 1.82. The molecule has 1 N–H and O–H groups in total. The predicted octanol–water partition coefficient (Wildman–Crippen LogP) is 2.46. The number of carbonyl (C=O) groups excluding carboxylic acids is 2. The van der Waals surface area contributed by atoms with Gasteiger partial charge in [0.25, 0.3) is 0 Å². The molecule has 2 aromatic rings. The third-order valence-electron chi connectivity index (χ3n) is 5.44. The molecule has 2 aliphatic heterocycles. The van der Waals surface area contributed by atoms with Crippen molar-refractivity contribution in [2.75, 3.05) is 45.3 Å². The minimum atomic E-state index is -0.207. The number of amides is 3. The molecule has 0 unspecified atom stereocenters. The van der Waals surface area contributed by atoms with Gasteiger partial charge in [-0.2, -0.15) is 0 Å². The number of aliphatic imine (C=N–C) groups is 1. The summed E-state index contributed by atoms with van der Waals surface area (Å²) in [5, 5.41) is 2.91. The van der Waals surface area contributed by atoms with Crippen molar-refractivity contribution < 1.29 is 19.1 Å². The number of anilines is 1. The lowest BCUT2D eigenvalue weighted by Crippen LogP contribution is -2.55. The Morgan fingerprint density at radius 3 is 2.74 bits per heavy atom. The molecule has 2 heterocycles. The van der Waals surface area contributed by atoms with Gasteiger partial charge < -0.3 is 14.8 Å². The molecule has 2 aliphatic rings. The highest BCUT2D eigenvalue weighted by Gasteiger charge is 2.36. The summed E-state index contributed by atoms with van der Waals surface area (Å²) in [5.41, 5.74) is 2.63. The van der Waals surface area contributed by atoms with E-state index in [0.717, 1.165) is 23.2 Å². The Labute approximate surface area is 181 Å². The average molecular weight is 422 g/mol. The molecule has 0 saturated heterocycles. The van der Waals surface area contributed by atoms with Crippen LogP contribution in [0.25, 0.3) is 0 Å². The van der Waals surface area contributed by atoms with Crippen molar-refractivity contribution >= 4 is 23.5 Å². The molecule has 162 valence electrons. The van der Waals surface area contributed by atoms with Gasteiger partial charge in [0.2, 0.25) is 5.91 Å². The molecule has 8 heteroatoms. The highest BCUT2D eigenvalue weighted by Crippen LogP contribution is 2.30. The summed E-state index contributed by atoms with van der Waals surface area (Å²) in [7, 11) is 3.19. The summed E-state index contributed by atoms with van der Waals surface area (Å²) >= 11 is 0. The number of nitrogens with zero attached hydrogens (tertiary/aromatic N) is 3. The van der Waals surface area contributed by atoms with Crippen LogP contribution < -0.4 is 19.7 Å². The minimum absolute atomic E-state index is 0.0362. The van der Waals surface area contributed by atoms with E-state index in [1.165, 1.54) is 4.90 Å². The number of fused-ring (bicyclic) bond motifs is 3. The van der Waals surface area contributed by atoms with Crippen molar-refractivity contribution in [2.24, 2.45) is 4.99 Å². The van der Waals surface area contributed by atoms with E-state index in [4.69, 9.17) is 9.47 Å². The number of urea groups is 1. The van der Waals surface area contributed by atoms with E-state index in [0.29, 0.717) is 43.4 Å². The molecule has 0 saturated carbocycles. The number of methoxy groups -OCH3 is 2. The largest absolute Gasteiger partial charge is 0.493 e. The normalized spacial score (nSPS) is 15.0. The molecule has 2 aromatic carbocycles. The van der Waals surface area contributed by atoms with Crippen LogP contribution in [-0.4, -0.2) is 63.1 Å². The molecule has 0 aliphatic carbocycles. The number of benzene rings is 2. The summed E-state index contributed by atoms with van der Waals surface area (Å²) in [6.45, 7) is 1.74. The van der Waals surface area contributed by atoms with Gasteiger partial charge in [-0.3, -0.25) is 19.6 Å². The topological polar surface area (TPSA) is 83.5 Å². The zero-order valence-corrected chi connectivity index (χ0v) is 17.8. The zero-order chi connectivity index (χ0) is 21.8. The highest BCUT2D eigenvalue weighted by molar-refractivity contribution is 6.20. The number of carbonyl (C=O) groups is 2. The molecule has 0 aromatic heterocycles. The number of hydrogen-bond donors (Lipinski definition) is 1. The van der Waals surface area contributed by atoms with Gasteiger partial charge in [-0.05, 0) is 42.7 Å². The number of para-hydroxylation sites is 1. The Bertz CT molecular complexity index is 1020. The Kier molecular flexibility index (Phi) is 6.06. The van der Waals surface area contributed by atoms with E-state index in [1.54, 1.807) is 19.1 Å². The van der Waals surface area contributed by atoms with Gasteiger partial charge in [0, 0.05) is 25.2 Å². The SMILES string of the molecule is COc1ccc(CCNC(=O)CN2C(=O)N3CCCN=C3c3ccccc32)cc1OC. The van der Waals surface area contributed by atoms with Gasteiger partial charge in [0.05, 0.1) is 19.9 Å². The second kappa shape index (κ2) is 9.07. The van der Waals surface area contributed by atoms with Crippen LogP contribution in [0.5, 0.6) is 11.5 Å². The van der Waals surface area contributed by atoms with Crippen molar-refractivity contribution in [2.45, 2.75) is 12.8 Å². The van der Waals surface area contributed by atoms with E-state index in [-0.39, 0.29) is 18.5 Å². The lowest BCUT2D eigenvalue weighted by molar-refractivity contribution is -0.119. The standard InChI is InChI=1S/C23H26N4O4/c1-30-19-9-8-16(14-20(19)31-2)10-12-24-21(28)15-27-18-7-4-3-6-17(18)22-25-11-5-13-26(22)23(27)29/h3-4,6-9,14H,5,10-13,15H2,1-2H3,(H,24,28). The first kappa shape index (κ1) is 20.7. The number of ether oxygens (including phenoxy) is 2. The molecule has 31 heavy (non-hydrogen) atoms. The smallest absolute Gasteiger partial charge is 0.330 e. The van der Waals surface area contributed by atoms with Crippen LogP contribution in [0.2, 0.25) is 0 Å². The van der Waals surface area contributed by atoms with E-state index >= 15 is 0 Å². The fraction of sp³-hybridized carbons (Fsp3) is 0.348. The Morgan fingerprint density at radius 2 is 1.94 bits per heavy atom. The van der Waals surface area contributed by atoms with Gasteiger partial charge in [-0.25, -0.2) is 4.79 Å². The molecule has 0 atom stereocenters. The molecular formula is C23H26N4O4. The van der Waals surface area contributed by atoms with Crippen molar-refractivity contribution in [3.63, 3.8) is 0 Å². The maximum atomic E-state index is 13.0. The second-order valence-corrected chi connectivity index (χ2v) is 7.39. The maximum absolute atomic E-state index is 13.0. The number of nitrogens with one attached hydrogen (secondary N) is 1. The molecule has 0 fully saturated rings. The van der Waals surface area contributed by atoms with E-state index < -0.39 is 0 Å². The predicted molar refractivity (Wildman–Crippen MR) is 118 cm³/mol. The summed E-state index contributed by atoms with van der Waals surface area (Å²) in [4.78, 5) is 33.4. The van der Waals surface area contributed by atoms with Gasteiger partial charge in [-0.1, -0.05) is 18.2 Å². The van der Waals surface area contributed by atoms with Gasteiger partial charge in [0.15, 0.2) is 11.5 Å². The molecular weight excluding hydrogens is 396 g/mol. The second-order valence-electron chi connectivity index (χ2n) is 7.39. The van der Waals surface area contributed by atoms with Crippen molar-refractivity contribution in [1.29, 1.82) is 0 Å². The summed E-state index contributed by atoms with van der Waals surface area (Å²) in [6.07, 6.45) is 1.46. The minimum Gasteiger partial charge on any atom is -0.493 e. The molecule has 4 rings (SSSR count). The van der Waals surface area contributed by atoms with Crippen molar-refractivity contribution in [3.8, 4) is 11.5 Å². The van der Waals surface area contributed by atoms with Crippen molar-refractivity contribution in [1.82, 2.24) is 10.2 Å². The number of amidine groups is 1. The third-order valence-corrected chi connectivity index (χ3v) is 5.44. The van der Waals surface area contributed by atoms with Crippen molar-refractivity contribution in [3.05, 3.63) is 53.6 Å². The highest BCUT2D eigenvalue weighted by atomic mass is 16.5. The first-order valence-electron chi connectivity index (χ1n) is 10.3. The molecule has 0 spiro atoms. The van der Waals surface area contributed by atoms with E-state index in [2.05, 4.69) is 10.3 Å². The monoisotopic (exact) mass is 422 g/mol. The fourth-order valence-electron chi connectivity index (χ4n) is 3.90. The quantitative estimate of drug-likeness (QED) is 0.743. The number of rotatable bonds is 7. The molecule has 0 radical (unpaired) electrons. The molecule has 3 amide bonds. The van der Waals surface area contributed by atoms with Crippen LogP contribution in [0.4, 0.5) is 10.5 Å². The average Bonchev–Trinajstić information content (AvgIpc) is 2.81. The Balaban J connectivity index is 1.41. The van der Waals surface area contributed by atoms with Gasteiger partial charge >= 0.3 is 6.03 Å². The van der Waals surface area contributed by atoms with E-state index in [1.807, 2.05) is 42.5 Å². The summed E-state index contributed by atoms with van der Waals surface area (Å²) < 4.78 is 10.6. The van der Waals surface area contributed by atoms with Crippen LogP contribution in [0.3, 0.4) is 0 Å².